The molecule has 0 radical (unpaired) electrons. The summed E-state index contributed by atoms with van der Waals surface area (Å²) >= 11 is 0. The molecule has 0 spiro atoms. The molecular formula is C11H13F3N4. The molecule has 0 bridgehead atoms. The molecule has 98 valence electrons. The molecule has 0 saturated carbocycles. The van der Waals surface area contributed by atoms with Gasteiger partial charge in [0.25, 0.3) is 0 Å². The third kappa shape index (κ3) is 2.98. The minimum atomic E-state index is -4.12. The molecule has 2 aromatic heterocycles. The van der Waals surface area contributed by atoms with Crippen LogP contribution in [0.4, 0.5) is 13.2 Å². The van der Waals surface area contributed by atoms with E-state index in [1.165, 1.54) is 0 Å². The largest absolute Gasteiger partial charge is 0.389 e. The number of nitrogens with two attached hydrogens (primary N) is 1. The van der Waals surface area contributed by atoms with E-state index < -0.39 is 18.6 Å². The van der Waals surface area contributed by atoms with Crippen molar-refractivity contribution in [1.29, 1.82) is 0 Å². The molecular weight excluding hydrogens is 245 g/mol. The molecule has 0 amide bonds. The van der Waals surface area contributed by atoms with Crippen molar-refractivity contribution in [1.82, 2.24) is 14.6 Å². The molecule has 0 aliphatic heterocycles. The number of halogens is 3. The van der Waals surface area contributed by atoms with Crippen molar-refractivity contribution in [3.63, 3.8) is 0 Å². The molecule has 0 aliphatic carbocycles. The molecule has 0 saturated heterocycles. The van der Waals surface area contributed by atoms with Crippen molar-refractivity contribution in [3.05, 3.63) is 30.4 Å². The highest BCUT2D eigenvalue weighted by molar-refractivity contribution is 5.52. The van der Waals surface area contributed by atoms with Gasteiger partial charge in [-0.15, -0.1) is 0 Å². The first kappa shape index (κ1) is 12.8. The zero-order chi connectivity index (χ0) is 13.2. The van der Waals surface area contributed by atoms with E-state index in [2.05, 4.69) is 10.1 Å². The number of fused-ring (bicyclic) bond motifs is 1. The number of rotatable bonds is 4. The van der Waals surface area contributed by atoms with Crippen LogP contribution < -0.4 is 5.73 Å². The van der Waals surface area contributed by atoms with Crippen molar-refractivity contribution in [3.8, 4) is 0 Å². The van der Waals surface area contributed by atoms with Crippen molar-refractivity contribution >= 4 is 5.52 Å². The Kier molecular flexibility index (Phi) is 3.51. The molecule has 1 unspecified atom stereocenters. The lowest BCUT2D eigenvalue weighted by Crippen LogP contribution is -2.13. The fourth-order valence-corrected chi connectivity index (χ4v) is 1.82. The van der Waals surface area contributed by atoms with Crippen LogP contribution in [0.1, 0.15) is 30.9 Å². The SMILES string of the molecule is NC(CCCC(F)(F)F)c1cnn2ccncc12. The van der Waals surface area contributed by atoms with E-state index in [0.717, 1.165) is 11.1 Å². The van der Waals surface area contributed by atoms with Crippen LogP contribution in [0.25, 0.3) is 5.52 Å². The van der Waals surface area contributed by atoms with E-state index in [4.69, 9.17) is 5.73 Å². The molecule has 2 heterocycles. The fourth-order valence-electron chi connectivity index (χ4n) is 1.82. The zero-order valence-corrected chi connectivity index (χ0v) is 9.56. The van der Waals surface area contributed by atoms with E-state index in [9.17, 15) is 13.2 Å². The molecule has 2 aromatic rings. The molecule has 2 rings (SSSR count). The van der Waals surface area contributed by atoms with Crippen LogP contribution in [0.5, 0.6) is 0 Å². The predicted molar refractivity (Wildman–Crippen MR) is 59.8 cm³/mol. The van der Waals surface area contributed by atoms with Crippen LogP contribution >= 0.6 is 0 Å². The Morgan fingerprint density at radius 2 is 2.11 bits per heavy atom. The van der Waals surface area contributed by atoms with Gasteiger partial charge in [-0.05, 0) is 12.8 Å². The summed E-state index contributed by atoms with van der Waals surface area (Å²) in [6, 6.07) is -0.450. The van der Waals surface area contributed by atoms with E-state index in [-0.39, 0.29) is 12.8 Å². The summed E-state index contributed by atoms with van der Waals surface area (Å²) in [5.41, 5.74) is 7.35. The highest BCUT2D eigenvalue weighted by Gasteiger charge is 2.26. The van der Waals surface area contributed by atoms with Crippen LogP contribution in [-0.4, -0.2) is 20.8 Å². The Balaban J connectivity index is 2.03. The van der Waals surface area contributed by atoms with Gasteiger partial charge in [-0.1, -0.05) is 0 Å². The first-order valence-corrected chi connectivity index (χ1v) is 5.57. The van der Waals surface area contributed by atoms with Gasteiger partial charge in [-0.3, -0.25) is 4.98 Å². The second kappa shape index (κ2) is 4.93. The molecule has 1 atom stereocenters. The number of aromatic nitrogens is 3. The summed E-state index contributed by atoms with van der Waals surface area (Å²) in [5, 5.41) is 4.07. The van der Waals surface area contributed by atoms with Gasteiger partial charge in [-0.25, -0.2) is 4.52 Å². The minimum absolute atomic E-state index is 0.0161. The Morgan fingerprint density at radius 3 is 2.83 bits per heavy atom. The van der Waals surface area contributed by atoms with Crippen molar-refractivity contribution in [2.75, 3.05) is 0 Å². The maximum Gasteiger partial charge on any atom is 0.389 e. The molecule has 4 nitrogen and oxygen atoms in total. The number of alkyl halides is 3. The Hall–Kier alpha value is -1.63. The summed E-state index contributed by atoms with van der Waals surface area (Å²) < 4.78 is 37.7. The average molecular weight is 258 g/mol. The van der Waals surface area contributed by atoms with Crippen LogP contribution in [0, 0.1) is 0 Å². The first-order valence-electron chi connectivity index (χ1n) is 5.57. The van der Waals surface area contributed by atoms with Gasteiger partial charge >= 0.3 is 6.18 Å². The lowest BCUT2D eigenvalue weighted by atomic mass is 10.0. The van der Waals surface area contributed by atoms with E-state index >= 15 is 0 Å². The minimum Gasteiger partial charge on any atom is -0.324 e. The monoisotopic (exact) mass is 258 g/mol. The molecule has 18 heavy (non-hydrogen) atoms. The van der Waals surface area contributed by atoms with Gasteiger partial charge in [-0.2, -0.15) is 18.3 Å². The number of hydrogen-bond donors (Lipinski definition) is 1. The Morgan fingerprint density at radius 1 is 1.33 bits per heavy atom. The van der Waals surface area contributed by atoms with Gasteiger partial charge in [0.05, 0.1) is 17.9 Å². The van der Waals surface area contributed by atoms with Crippen molar-refractivity contribution in [2.24, 2.45) is 5.73 Å². The third-order valence-corrected chi connectivity index (χ3v) is 2.73. The predicted octanol–water partition coefficient (Wildman–Crippen LogP) is 2.46. The van der Waals surface area contributed by atoms with Gasteiger partial charge in [0, 0.05) is 30.4 Å². The standard InChI is InChI=1S/C11H13F3N4/c12-11(13,14)3-1-2-9(15)8-6-17-18-5-4-16-7-10(8)18/h4-7,9H,1-3,15H2. The second-order valence-electron chi connectivity index (χ2n) is 4.12. The van der Waals surface area contributed by atoms with Crippen LogP contribution in [0.3, 0.4) is 0 Å². The highest BCUT2D eigenvalue weighted by Crippen LogP contribution is 2.26. The molecule has 0 aliphatic rings. The maximum absolute atomic E-state index is 12.0. The lowest BCUT2D eigenvalue weighted by Gasteiger charge is -2.11. The fraction of sp³-hybridized carbons (Fsp3) is 0.455. The van der Waals surface area contributed by atoms with Crippen molar-refractivity contribution in [2.45, 2.75) is 31.5 Å². The topological polar surface area (TPSA) is 56.2 Å². The van der Waals surface area contributed by atoms with Crippen LogP contribution in [0.15, 0.2) is 24.8 Å². The normalized spacial score (nSPS) is 14.0. The Labute approximate surface area is 102 Å². The first-order chi connectivity index (χ1) is 8.47. The van der Waals surface area contributed by atoms with Crippen LogP contribution in [-0.2, 0) is 0 Å². The van der Waals surface area contributed by atoms with Gasteiger partial charge in [0.1, 0.15) is 0 Å². The van der Waals surface area contributed by atoms with Crippen molar-refractivity contribution < 1.29 is 13.2 Å². The second-order valence-corrected chi connectivity index (χ2v) is 4.12. The lowest BCUT2D eigenvalue weighted by molar-refractivity contribution is -0.135. The molecule has 7 heteroatoms. The molecule has 0 fully saturated rings. The van der Waals surface area contributed by atoms with E-state index in [0.29, 0.717) is 0 Å². The number of hydrogen-bond acceptors (Lipinski definition) is 3. The van der Waals surface area contributed by atoms with Gasteiger partial charge in [0.15, 0.2) is 0 Å². The maximum atomic E-state index is 12.0. The smallest absolute Gasteiger partial charge is 0.324 e. The number of nitrogens with zero attached hydrogens (tertiary/aromatic N) is 3. The van der Waals surface area contributed by atoms with Gasteiger partial charge < -0.3 is 5.73 Å². The molecule has 0 aromatic carbocycles. The quantitative estimate of drug-likeness (QED) is 0.916. The van der Waals surface area contributed by atoms with E-state index in [1.807, 2.05) is 0 Å². The van der Waals surface area contributed by atoms with E-state index in [1.54, 1.807) is 29.3 Å². The average Bonchev–Trinajstić information content (AvgIpc) is 2.70. The summed E-state index contributed by atoms with van der Waals surface area (Å²) in [4.78, 5) is 3.95. The Bertz CT molecular complexity index is 520. The summed E-state index contributed by atoms with van der Waals surface area (Å²) in [7, 11) is 0. The van der Waals surface area contributed by atoms with Gasteiger partial charge in [0.2, 0.25) is 0 Å². The highest BCUT2D eigenvalue weighted by atomic mass is 19.4. The molecule has 2 N–H and O–H groups in total. The summed E-state index contributed by atoms with van der Waals surface area (Å²) in [5.74, 6) is 0. The third-order valence-electron chi connectivity index (χ3n) is 2.73. The zero-order valence-electron chi connectivity index (χ0n) is 9.56. The summed E-state index contributed by atoms with van der Waals surface area (Å²) in [6.07, 6.45) is 1.79. The van der Waals surface area contributed by atoms with Crippen LogP contribution in [0.2, 0.25) is 0 Å². The summed E-state index contributed by atoms with van der Waals surface area (Å²) in [6.45, 7) is 0.